The topological polar surface area (TPSA) is 157 Å². The van der Waals surface area contributed by atoms with Crippen LogP contribution < -0.4 is 22.5 Å². The van der Waals surface area contributed by atoms with Gasteiger partial charge in [-0.2, -0.15) is 10.1 Å². The Hall–Kier alpha value is -1.84. The zero-order valence-corrected chi connectivity index (χ0v) is 7.88. The SMILES string of the molecule is NC1=C(N)N(O)C(NCCO)=C(N)N1O. The highest BCUT2D eigenvalue weighted by molar-refractivity contribution is 5.22. The highest BCUT2D eigenvalue weighted by Crippen LogP contribution is 2.18. The summed E-state index contributed by atoms with van der Waals surface area (Å²) in [4.78, 5) is 0. The fourth-order valence-corrected chi connectivity index (χ4v) is 1.02. The minimum absolute atomic E-state index is 0.0572. The van der Waals surface area contributed by atoms with E-state index < -0.39 is 0 Å². The maximum Gasteiger partial charge on any atom is 0.177 e. The number of aliphatic hydroxyl groups is 1. The lowest BCUT2D eigenvalue weighted by atomic mass is 10.4. The molecule has 1 aliphatic rings. The lowest BCUT2D eigenvalue weighted by Gasteiger charge is -2.32. The van der Waals surface area contributed by atoms with Gasteiger partial charge in [0.1, 0.15) is 0 Å². The smallest absolute Gasteiger partial charge is 0.177 e. The van der Waals surface area contributed by atoms with Gasteiger partial charge in [-0.05, 0) is 0 Å². The molecular weight excluding hydrogens is 204 g/mol. The molecule has 0 saturated carbocycles. The molecule has 0 bridgehead atoms. The van der Waals surface area contributed by atoms with Crippen molar-refractivity contribution in [2.24, 2.45) is 17.2 Å². The summed E-state index contributed by atoms with van der Waals surface area (Å²) in [5.74, 6) is -0.840. The van der Waals surface area contributed by atoms with Crippen molar-refractivity contribution in [1.29, 1.82) is 0 Å². The summed E-state index contributed by atoms with van der Waals surface area (Å²) >= 11 is 0. The van der Waals surface area contributed by atoms with Crippen LogP contribution in [0.1, 0.15) is 0 Å². The third-order valence-electron chi connectivity index (χ3n) is 1.81. The molecule has 0 saturated heterocycles. The predicted octanol–water partition coefficient (Wildman–Crippen LogP) is -2.91. The second kappa shape index (κ2) is 4.13. The summed E-state index contributed by atoms with van der Waals surface area (Å²) < 4.78 is 0. The quantitative estimate of drug-likeness (QED) is 0.264. The van der Waals surface area contributed by atoms with Crippen molar-refractivity contribution >= 4 is 0 Å². The van der Waals surface area contributed by atoms with Gasteiger partial charge in [0.05, 0.1) is 6.61 Å². The van der Waals surface area contributed by atoms with Crippen molar-refractivity contribution in [3.05, 3.63) is 23.3 Å². The molecule has 15 heavy (non-hydrogen) atoms. The summed E-state index contributed by atoms with van der Waals surface area (Å²) in [5.41, 5.74) is 16.2. The normalized spacial score (nSPS) is 17.5. The van der Waals surface area contributed by atoms with Gasteiger partial charge in [-0.15, -0.1) is 0 Å². The molecule has 86 valence electrons. The van der Waals surface area contributed by atoms with Crippen molar-refractivity contribution in [1.82, 2.24) is 15.4 Å². The Balaban J connectivity index is 2.94. The van der Waals surface area contributed by atoms with E-state index >= 15 is 0 Å². The van der Waals surface area contributed by atoms with Gasteiger partial charge in [0.15, 0.2) is 23.3 Å². The van der Waals surface area contributed by atoms with E-state index in [0.717, 1.165) is 0 Å². The number of aliphatic hydroxyl groups excluding tert-OH is 1. The van der Waals surface area contributed by atoms with Gasteiger partial charge in [-0.25, -0.2) is 0 Å². The Morgan fingerprint density at radius 1 is 1.00 bits per heavy atom. The Bertz CT molecular complexity index is 314. The first-order chi connectivity index (χ1) is 7.00. The van der Waals surface area contributed by atoms with Crippen LogP contribution in [-0.4, -0.2) is 38.8 Å². The average Bonchev–Trinajstić information content (AvgIpc) is 2.24. The molecule has 1 rings (SSSR count). The number of nitrogens with zero attached hydrogens (tertiary/aromatic N) is 2. The molecule has 0 radical (unpaired) electrons. The molecule has 9 nitrogen and oxygen atoms in total. The van der Waals surface area contributed by atoms with Crippen LogP contribution in [0.2, 0.25) is 0 Å². The van der Waals surface area contributed by atoms with E-state index in [-0.39, 0.29) is 36.4 Å². The number of nitrogens with two attached hydrogens (primary N) is 3. The lowest BCUT2D eigenvalue weighted by Crippen LogP contribution is -2.47. The van der Waals surface area contributed by atoms with Crippen molar-refractivity contribution in [3.8, 4) is 0 Å². The zero-order chi connectivity index (χ0) is 11.6. The number of hydroxylamine groups is 4. The van der Waals surface area contributed by atoms with Crippen molar-refractivity contribution in [3.63, 3.8) is 0 Å². The van der Waals surface area contributed by atoms with Crippen LogP contribution in [0.4, 0.5) is 0 Å². The predicted molar refractivity (Wildman–Crippen MR) is 49.0 cm³/mol. The van der Waals surface area contributed by atoms with Gasteiger partial charge in [-0.3, -0.25) is 10.4 Å². The van der Waals surface area contributed by atoms with Gasteiger partial charge in [0.2, 0.25) is 0 Å². The Labute approximate surface area is 85.6 Å². The maximum absolute atomic E-state index is 9.47. The Morgan fingerprint density at radius 3 is 2.07 bits per heavy atom. The molecule has 10 N–H and O–H groups in total. The molecule has 0 aliphatic carbocycles. The first-order valence-electron chi connectivity index (χ1n) is 4.08. The second-order valence-corrected chi connectivity index (χ2v) is 2.78. The minimum Gasteiger partial charge on any atom is -0.395 e. The van der Waals surface area contributed by atoms with Crippen LogP contribution >= 0.6 is 0 Å². The van der Waals surface area contributed by atoms with Crippen molar-refractivity contribution < 1.29 is 15.5 Å². The van der Waals surface area contributed by atoms with E-state index in [2.05, 4.69) is 5.32 Å². The third kappa shape index (κ3) is 1.83. The van der Waals surface area contributed by atoms with E-state index in [1.165, 1.54) is 0 Å². The molecule has 0 unspecified atom stereocenters. The fraction of sp³-hybridized carbons (Fsp3) is 0.333. The summed E-state index contributed by atoms with van der Waals surface area (Å²) in [6, 6.07) is 0. The van der Waals surface area contributed by atoms with Crippen molar-refractivity contribution in [2.75, 3.05) is 13.2 Å². The molecule has 0 aromatic heterocycles. The standard InChI is InChI=1S/C6H14N6O3/c7-3-4(8)12(15)6(10-1-2-13)5(9)11(3)14/h10,13-15H,1-2,7-9H2. The first kappa shape index (κ1) is 11.2. The van der Waals surface area contributed by atoms with E-state index in [0.29, 0.717) is 10.1 Å². The molecular formula is C6H14N6O3. The van der Waals surface area contributed by atoms with Crippen LogP contribution in [0, 0.1) is 0 Å². The van der Waals surface area contributed by atoms with Gasteiger partial charge in [-0.1, -0.05) is 0 Å². The van der Waals surface area contributed by atoms with Gasteiger partial charge in [0, 0.05) is 6.54 Å². The van der Waals surface area contributed by atoms with E-state index in [4.69, 9.17) is 22.3 Å². The number of nitrogens with one attached hydrogen (secondary N) is 1. The highest BCUT2D eigenvalue weighted by Gasteiger charge is 2.27. The maximum atomic E-state index is 9.47. The summed E-state index contributed by atoms with van der Waals surface area (Å²) in [5, 5.41) is 30.9. The fourth-order valence-electron chi connectivity index (χ4n) is 1.02. The molecule has 0 amide bonds. The molecule has 1 aliphatic heterocycles. The van der Waals surface area contributed by atoms with E-state index in [9.17, 15) is 10.4 Å². The Morgan fingerprint density at radius 2 is 1.53 bits per heavy atom. The lowest BCUT2D eigenvalue weighted by molar-refractivity contribution is -0.0838. The van der Waals surface area contributed by atoms with Gasteiger partial charge in [0.25, 0.3) is 0 Å². The number of hydrogen-bond acceptors (Lipinski definition) is 9. The summed E-state index contributed by atoms with van der Waals surface area (Å²) in [7, 11) is 0. The highest BCUT2D eigenvalue weighted by atomic mass is 16.5. The van der Waals surface area contributed by atoms with Crippen LogP contribution in [0.3, 0.4) is 0 Å². The molecule has 0 aromatic rings. The van der Waals surface area contributed by atoms with E-state index in [1.54, 1.807) is 0 Å². The van der Waals surface area contributed by atoms with Crippen LogP contribution in [0.15, 0.2) is 23.3 Å². The zero-order valence-electron chi connectivity index (χ0n) is 7.88. The first-order valence-corrected chi connectivity index (χ1v) is 4.08. The molecule has 0 spiro atoms. The molecule has 0 aromatic carbocycles. The molecule has 0 fully saturated rings. The van der Waals surface area contributed by atoms with Crippen LogP contribution in [0.5, 0.6) is 0 Å². The van der Waals surface area contributed by atoms with Crippen LogP contribution in [0.25, 0.3) is 0 Å². The van der Waals surface area contributed by atoms with Crippen molar-refractivity contribution in [2.45, 2.75) is 0 Å². The Kier molecular flexibility index (Phi) is 3.09. The molecule has 0 atom stereocenters. The minimum atomic E-state index is -0.287. The monoisotopic (exact) mass is 218 g/mol. The second-order valence-electron chi connectivity index (χ2n) is 2.78. The largest absolute Gasteiger partial charge is 0.395 e. The van der Waals surface area contributed by atoms with E-state index in [1.807, 2.05) is 0 Å². The average molecular weight is 218 g/mol. The van der Waals surface area contributed by atoms with Gasteiger partial charge >= 0.3 is 0 Å². The van der Waals surface area contributed by atoms with Crippen LogP contribution in [-0.2, 0) is 0 Å². The molecule has 9 heteroatoms. The molecule has 1 heterocycles. The van der Waals surface area contributed by atoms with Gasteiger partial charge < -0.3 is 27.6 Å². The third-order valence-corrected chi connectivity index (χ3v) is 1.81. The number of rotatable bonds is 3. The number of hydrogen-bond donors (Lipinski definition) is 7. The summed E-state index contributed by atoms with van der Waals surface area (Å²) in [6.07, 6.45) is 0. The summed E-state index contributed by atoms with van der Waals surface area (Å²) in [6.45, 7) is -0.0384.